The van der Waals surface area contributed by atoms with Crippen LogP contribution >= 0.6 is 0 Å². The fourth-order valence-corrected chi connectivity index (χ4v) is 1.86. The molecule has 0 spiro atoms. The maximum Gasteiger partial charge on any atom is 0.267 e. The Morgan fingerprint density at radius 2 is 2.06 bits per heavy atom. The number of hydrogen-bond acceptors (Lipinski definition) is 3. The van der Waals surface area contributed by atoms with Gasteiger partial charge >= 0.3 is 0 Å². The van der Waals surface area contributed by atoms with Gasteiger partial charge in [-0.05, 0) is 18.9 Å². The third-order valence-electron chi connectivity index (χ3n) is 3.06. The van der Waals surface area contributed by atoms with E-state index >= 15 is 0 Å². The smallest absolute Gasteiger partial charge is 0.267 e. The van der Waals surface area contributed by atoms with Crippen molar-refractivity contribution in [1.82, 2.24) is 15.0 Å². The average molecular weight is 250 g/mol. The molecule has 94 valence electrons. The summed E-state index contributed by atoms with van der Waals surface area (Å²) in [6.45, 7) is 0. The summed E-state index contributed by atoms with van der Waals surface area (Å²) in [4.78, 5) is 11.2. The number of imidazole rings is 1. The van der Waals surface area contributed by atoms with Crippen LogP contribution in [-0.2, 0) is 0 Å². The van der Waals surface area contributed by atoms with Gasteiger partial charge in [0.25, 0.3) is 6.43 Å². The predicted molar refractivity (Wildman–Crippen MR) is 63.2 cm³/mol. The van der Waals surface area contributed by atoms with Gasteiger partial charge in [-0.25, -0.2) is 18.7 Å². The lowest BCUT2D eigenvalue weighted by Crippen LogP contribution is -1.98. The molecule has 0 saturated heterocycles. The number of halogens is 2. The Morgan fingerprint density at radius 3 is 2.72 bits per heavy atom. The van der Waals surface area contributed by atoms with E-state index in [-0.39, 0.29) is 11.4 Å². The van der Waals surface area contributed by atoms with Gasteiger partial charge in [0, 0.05) is 17.7 Å². The van der Waals surface area contributed by atoms with Crippen molar-refractivity contribution in [2.24, 2.45) is 0 Å². The van der Waals surface area contributed by atoms with E-state index in [1.54, 1.807) is 6.20 Å². The van der Waals surface area contributed by atoms with E-state index in [1.807, 2.05) is 0 Å². The standard InChI is InChI=1S/C12H12F2N4/c13-10(14)8-3-7(4-16-11(8)15)9-5-17-12(18-9)6-1-2-6/h3-6,10H,1-2H2,(H2,15,16)(H,17,18). The number of hydrogen-bond donors (Lipinski definition) is 2. The largest absolute Gasteiger partial charge is 0.383 e. The van der Waals surface area contributed by atoms with Crippen molar-refractivity contribution in [2.75, 3.05) is 5.73 Å². The number of nitrogens with two attached hydrogens (primary N) is 1. The maximum absolute atomic E-state index is 12.7. The number of nitrogens with zero attached hydrogens (tertiary/aromatic N) is 2. The molecular weight excluding hydrogens is 238 g/mol. The zero-order valence-corrected chi connectivity index (χ0v) is 9.53. The summed E-state index contributed by atoms with van der Waals surface area (Å²) in [7, 11) is 0. The van der Waals surface area contributed by atoms with E-state index in [1.165, 1.54) is 12.3 Å². The van der Waals surface area contributed by atoms with Crippen molar-refractivity contribution >= 4 is 5.82 Å². The molecule has 2 aromatic rings. The number of nitrogens with one attached hydrogen (secondary N) is 1. The lowest BCUT2D eigenvalue weighted by Gasteiger charge is -2.05. The van der Waals surface area contributed by atoms with Gasteiger partial charge in [0.15, 0.2) is 0 Å². The van der Waals surface area contributed by atoms with Gasteiger partial charge in [-0.1, -0.05) is 0 Å². The van der Waals surface area contributed by atoms with Gasteiger partial charge in [-0.2, -0.15) is 0 Å². The minimum atomic E-state index is -2.62. The highest BCUT2D eigenvalue weighted by Gasteiger charge is 2.26. The van der Waals surface area contributed by atoms with Crippen LogP contribution in [0.2, 0.25) is 0 Å². The van der Waals surface area contributed by atoms with Crippen LogP contribution in [0.5, 0.6) is 0 Å². The lowest BCUT2D eigenvalue weighted by molar-refractivity contribution is 0.152. The van der Waals surface area contributed by atoms with E-state index in [0.717, 1.165) is 18.7 Å². The van der Waals surface area contributed by atoms with Crippen LogP contribution in [0.1, 0.15) is 36.6 Å². The molecule has 2 heterocycles. The van der Waals surface area contributed by atoms with E-state index < -0.39 is 6.43 Å². The minimum absolute atomic E-state index is 0.129. The van der Waals surface area contributed by atoms with Gasteiger partial charge in [-0.15, -0.1) is 0 Å². The van der Waals surface area contributed by atoms with E-state index in [2.05, 4.69) is 15.0 Å². The average Bonchev–Trinajstić information content (AvgIpc) is 3.08. The first kappa shape index (κ1) is 11.1. The molecule has 18 heavy (non-hydrogen) atoms. The van der Waals surface area contributed by atoms with Gasteiger partial charge in [-0.3, -0.25) is 0 Å². The molecular formula is C12H12F2N4. The molecule has 0 radical (unpaired) electrons. The second-order valence-corrected chi connectivity index (χ2v) is 4.46. The summed E-state index contributed by atoms with van der Waals surface area (Å²) in [5.41, 5.74) is 6.46. The topological polar surface area (TPSA) is 67.6 Å². The molecule has 0 unspecified atom stereocenters. The molecule has 0 bridgehead atoms. The van der Waals surface area contributed by atoms with Crippen LogP contribution in [0.25, 0.3) is 11.3 Å². The van der Waals surface area contributed by atoms with Crippen molar-refractivity contribution in [3.63, 3.8) is 0 Å². The molecule has 3 N–H and O–H groups in total. The molecule has 0 amide bonds. The first-order valence-electron chi connectivity index (χ1n) is 5.74. The van der Waals surface area contributed by atoms with E-state index in [9.17, 15) is 8.78 Å². The SMILES string of the molecule is Nc1ncc(-c2cnc(C3CC3)[nH]2)cc1C(F)F. The van der Waals surface area contributed by atoms with Crippen LogP contribution in [0.3, 0.4) is 0 Å². The number of alkyl halides is 2. The fraction of sp³-hybridized carbons (Fsp3) is 0.333. The normalized spacial score (nSPS) is 15.3. The summed E-state index contributed by atoms with van der Waals surface area (Å²) in [6.07, 6.45) is 2.77. The highest BCUT2D eigenvalue weighted by atomic mass is 19.3. The Morgan fingerprint density at radius 1 is 1.28 bits per heavy atom. The molecule has 3 rings (SSSR count). The summed E-state index contributed by atoms with van der Waals surface area (Å²) in [5.74, 6) is 1.28. The van der Waals surface area contributed by atoms with E-state index in [0.29, 0.717) is 17.2 Å². The molecule has 6 heteroatoms. The zero-order chi connectivity index (χ0) is 12.7. The minimum Gasteiger partial charge on any atom is -0.383 e. The molecule has 1 fully saturated rings. The van der Waals surface area contributed by atoms with Crippen molar-refractivity contribution in [3.05, 3.63) is 29.8 Å². The summed E-state index contributed by atoms with van der Waals surface area (Å²) < 4.78 is 25.4. The second-order valence-electron chi connectivity index (χ2n) is 4.46. The quantitative estimate of drug-likeness (QED) is 0.880. The second kappa shape index (κ2) is 4.04. The summed E-state index contributed by atoms with van der Waals surface area (Å²) in [5, 5.41) is 0. The number of rotatable bonds is 3. The number of H-pyrrole nitrogens is 1. The molecule has 0 aromatic carbocycles. The third kappa shape index (κ3) is 1.94. The molecule has 0 atom stereocenters. The van der Waals surface area contributed by atoms with Crippen molar-refractivity contribution < 1.29 is 8.78 Å². The van der Waals surface area contributed by atoms with Gasteiger partial charge in [0.1, 0.15) is 11.6 Å². The zero-order valence-electron chi connectivity index (χ0n) is 9.53. The lowest BCUT2D eigenvalue weighted by atomic mass is 10.1. The molecule has 2 aromatic heterocycles. The monoisotopic (exact) mass is 250 g/mol. The molecule has 0 aliphatic heterocycles. The van der Waals surface area contributed by atoms with E-state index in [4.69, 9.17) is 5.73 Å². The molecule has 1 aliphatic rings. The Kier molecular flexibility index (Phi) is 2.50. The number of aromatic nitrogens is 3. The predicted octanol–water partition coefficient (Wildman–Crippen LogP) is 2.87. The summed E-state index contributed by atoms with van der Waals surface area (Å²) in [6, 6.07) is 1.36. The highest BCUT2D eigenvalue weighted by Crippen LogP contribution is 2.39. The summed E-state index contributed by atoms with van der Waals surface area (Å²) >= 11 is 0. The number of anilines is 1. The van der Waals surface area contributed by atoms with Crippen LogP contribution in [-0.4, -0.2) is 15.0 Å². The van der Waals surface area contributed by atoms with Gasteiger partial charge < -0.3 is 10.7 Å². The van der Waals surface area contributed by atoms with Crippen LogP contribution in [0.15, 0.2) is 18.5 Å². The Balaban J connectivity index is 1.97. The molecule has 4 nitrogen and oxygen atoms in total. The van der Waals surface area contributed by atoms with Gasteiger partial charge in [0.2, 0.25) is 0 Å². The molecule has 1 aliphatic carbocycles. The van der Waals surface area contributed by atoms with Crippen molar-refractivity contribution in [3.8, 4) is 11.3 Å². The van der Waals surface area contributed by atoms with Crippen molar-refractivity contribution in [1.29, 1.82) is 0 Å². The Bertz CT molecular complexity index is 575. The van der Waals surface area contributed by atoms with Crippen LogP contribution in [0, 0.1) is 0 Å². The number of aromatic amines is 1. The first-order chi connectivity index (χ1) is 8.65. The maximum atomic E-state index is 12.7. The highest BCUT2D eigenvalue weighted by molar-refractivity contribution is 5.61. The van der Waals surface area contributed by atoms with Crippen molar-refractivity contribution in [2.45, 2.75) is 25.2 Å². The number of nitrogen functional groups attached to an aromatic ring is 1. The Labute approximate surface area is 102 Å². The Hall–Kier alpha value is -1.98. The fourth-order valence-electron chi connectivity index (χ4n) is 1.86. The van der Waals surface area contributed by atoms with Gasteiger partial charge in [0.05, 0.1) is 17.5 Å². The van der Waals surface area contributed by atoms with Crippen LogP contribution < -0.4 is 5.73 Å². The van der Waals surface area contributed by atoms with Crippen LogP contribution in [0.4, 0.5) is 14.6 Å². The third-order valence-corrected chi connectivity index (χ3v) is 3.06. The first-order valence-corrected chi connectivity index (χ1v) is 5.74. The molecule has 1 saturated carbocycles. The number of pyridine rings is 1.